The average molecular weight is 354 g/mol. The lowest BCUT2D eigenvalue weighted by Crippen LogP contribution is -2.49. The Hall–Kier alpha value is -1.48. The van der Waals surface area contributed by atoms with Crippen molar-refractivity contribution in [3.8, 4) is 5.69 Å². The highest BCUT2D eigenvalue weighted by Gasteiger charge is 2.54. The normalized spacial score (nSPS) is 35.0. The number of nitrogens with zero attached hydrogens (tertiary/aromatic N) is 2. The molecule has 2 aromatic rings. The van der Waals surface area contributed by atoms with E-state index in [1.54, 1.807) is 0 Å². The molecule has 0 spiro atoms. The zero-order valence-corrected chi connectivity index (χ0v) is 15.2. The van der Waals surface area contributed by atoms with Gasteiger partial charge in [0.05, 0.1) is 11.4 Å². The SMILES string of the molecule is Clc1cccc(-n2nc(C34CC5CC(CC(C5)C3)C4)c3c2NCC3)c1. The molecule has 3 nitrogen and oxygen atoms in total. The van der Waals surface area contributed by atoms with Crippen molar-refractivity contribution in [2.45, 2.75) is 50.4 Å². The standard InChI is InChI=1S/C21H24ClN3/c22-16-2-1-3-17(9-16)25-20-18(4-5-23-20)19(24-25)21-10-13-6-14(11-21)8-15(7-13)12-21/h1-3,9,13-15,23H,4-8,10-12H2. The van der Waals surface area contributed by atoms with Crippen molar-refractivity contribution in [3.05, 3.63) is 40.5 Å². The lowest BCUT2D eigenvalue weighted by molar-refractivity contribution is -0.00770. The summed E-state index contributed by atoms with van der Waals surface area (Å²) >= 11 is 6.25. The molecule has 4 fully saturated rings. The number of fused-ring (bicyclic) bond motifs is 1. The number of anilines is 1. The van der Waals surface area contributed by atoms with Crippen molar-refractivity contribution >= 4 is 17.4 Å². The summed E-state index contributed by atoms with van der Waals surface area (Å²) < 4.78 is 2.13. The number of rotatable bonds is 2. The molecule has 130 valence electrons. The van der Waals surface area contributed by atoms with Crippen molar-refractivity contribution in [1.29, 1.82) is 0 Å². The number of benzene rings is 1. The summed E-state index contributed by atoms with van der Waals surface area (Å²) in [6.45, 7) is 1.03. The van der Waals surface area contributed by atoms with Crippen LogP contribution in [0.5, 0.6) is 0 Å². The summed E-state index contributed by atoms with van der Waals surface area (Å²) in [5, 5.41) is 9.60. The summed E-state index contributed by atoms with van der Waals surface area (Å²) in [5.74, 6) is 4.07. The Balaban J connectivity index is 1.50. The maximum Gasteiger partial charge on any atom is 0.133 e. The van der Waals surface area contributed by atoms with Crippen molar-refractivity contribution in [3.63, 3.8) is 0 Å². The second-order valence-corrected chi connectivity index (χ2v) is 9.38. The van der Waals surface area contributed by atoms with Crippen LogP contribution in [0.25, 0.3) is 5.69 Å². The fourth-order valence-electron chi connectivity index (χ4n) is 6.80. The van der Waals surface area contributed by atoms with Gasteiger partial charge in [-0.2, -0.15) is 5.10 Å². The third-order valence-corrected chi connectivity index (χ3v) is 7.48. The van der Waals surface area contributed by atoms with Gasteiger partial charge in [-0.25, -0.2) is 4.68 Å². The molecule has 1 aliphatic heterocycles. The molecule has 0 radical (unpaired) electrons. The molecule has 4 aliphatic carbocycles. The highest BCUT2D eigenvalue weighted by atomic mass is 35.5. The predicted molar refractivity (Wildman–Crippen MR) is 101 cm³/mol. The van der Waals surface area contributed by atoms with Crippen LogP contribution in [0.4, 0.5) is 5.82 Å². The first-order valence-electron chi connectivity index (χ1n) is 9.82. The van der Waals surface area contributed by atoms with Gasteiger partial charge in [0, 0.05) is 22.5 Å². The molecule has 2 heterocycles. The number of halogens is 1. The van der Waals surface area contributed by atoms with E-state index >= 15 is 0 Å². The van der Waals surface area contributed by atoms with Crippen LogP contribution < -0.4 is 5.32 Å². The molecule has 0 amide bonds. The average Bonchev–Trinajstić information content (AvgIpc) is 3.15. The van der Waals surface area contributed by atoms with Gasteiger partial charge in [0.1, 0.15) is 5.82 Å². The lowest BCUT2D eigenvalue weighted by Gasteiger charge is -2.56. The molecule has 25 heavy (non-hydrogen) atoms. The van der Waals surface area contributed by atoms with Crippen molar-refractivity contribution < 1.29 is 0 Å². The zero-order valence-electron chi connectivity index (χ0n) is 14.5. The van der Waals surface area contributed by atoms with Gasteiger partial charge < -0.3 is 5.32 Å². The molecule has 4 saturated carbocycles. The topological polar surface area (TPSA) is 29.9 Å². The molecular weight excluding hydrogens is 330 g/mol. The summed E-state index contributed by atoms with van der Waals surface area (Å²) in [5.41, 5.74) is 4.34. The number of hydrogen-bond acceptors (Lipinski definition) is 2. The molecule has 0 saturated heterocycles. The molecule has 0 atom stereocenters. The Labute approximate surface area is 153 Å². The first-order chi connectivity index (χ1) is 12.2. The van der Waals surface area contributed by atoms with Crippen LogP contribution in [0, 0.1) is 17.8 Å². The van der Waals surface area contributed by atoms with E-state index < -0.39 is 0 Å². The van der Waals surface area contributed by atoms with Gasteiger partial charge in [0.25, 0.3) is 0 Å². The van der Waals surface area contributed by atoms with E-state index in [0.717, 1.165) is 41.4 Å². The van der Waals surface area contributed by atoms with Crippen LogP contribution in [0.2, 0.25) is 5.02 Å². The first-order valence-corrected chi connectivity index (χ1v) is 10.2. The minimum absolute atomic E-state index is 0.356. The number of nitrogens with one attached hydrogen (secondary N) is 1. The highest BCUT2D eigenvalue weighted by Crippen LogP contribution is 2.61. The molecule has 1 aromatic heterocycles. The van der Waals surface area contributed by atoms with Gasteiger partial charge in [0.2, 0.25) is 0 Å². The molecule has 4 heteroatoms. The molecule has 5 aliphatic rings. The van der Waals surface area contributed by atoms with Crippen LogP contribution in [0.1, 0.15) is 49.8 Å². The van der Waals surface area contributed by atoms with Crippen molar-refractivity contribution in [1.82, 2.24) is 9.78 Å². The summed E-state index contributed by atoms with van der Waals surface area (Å²) in [4.78, 5) is 0. The van der Waals surface area contributed by atoms with E-state index in [1.165, 1.54) is 55.6 Å². The summed E-state index contributed by atoms with van der Waals surface area (Å²) in [7, 11) is 0. The second kappa shape index (κ2) is 5.03. The molecular formula is C21H24ClN3. The van der Waals surface area contributed by atoms with Crippen molar-refractivity contribution in [2.24, 2.45) is 17.8 Å². The zero-order chi connectivity index (χ0) is 16.6. The first kappa shape index (κ1) is 14.7. The van der Waals surface area contributed by atoms with Crippen LogP contribution in [0.3, 0.4) is 0 Å². The summed E-state index contributed by atoms with van der Waals surface area (Å²) in [6.07, 6.45) is 9.68. The van der Waals surface area contributed by atoms with Gasteiger partial charge in [-0.05, 0) is 80.9 Å². The molecule has 1 N–H and O–H groups in total. The maximum atomic E-state index is 6.25. The molecule has 1 aromatic carbocycles. The van der Waals surface area contributed by atoms with Gasteiger partial charge in [-0.1, -0.05) is 17.7 Å². The van der Waals surface area contributed by atoms with E-state index in [-0.39, 0.29) is 0 Å². The van der Waals surface area contributed by atoms with Gasteiger partial charge in [-0.15, -0.1) is 0 Å². The van der Waals surface area contributed by atoms with Gasteiger partial charge in [-0.3, -0.25) is 0 Å². The third-order valence-electron chi connectivity index (χ3n) is 7.24. The summed E-state index contributed by atoms with van der Waals surface area (Å²) in [6, 6.07) is 8.09. The largest absolute Gasteiger partial charge is 0.369 e. The van der Waals surface area contributed by atoms with Gasteiger partial charge >= 0.3 is 0 Å². The Morgan fingerprint density at radius 3 is 2.48 bits per heavy atom. The fraction of sp³-hybridized carbons (Fsp3) is 0.571. The molecule has 4 bridgehead atoms. The molecule has 7 rings (SSSR count). The van der Waals surface area contributed by atoms with E-state index in [1.807, 2.05) is 18.2 Å². The minimum atomic E-state index is 0.356. The van der Waals surface area contributed by atoms with E-state index in [0.29, 0.717) is 5.41 Å². The van der Waals surface area contributed by atoms with Gasteiger partial charge in [0.15, 0.2) is 0 Å². The van der Waals surface area contributed by atoms with Crippen LogP contribution in [-0.2, 0) is 11.8 Å². The molecule has 0 unspecified atom stereocenters. The van der Waals surface area contributed by atoms with Crippen LogP contribution in [0.15, 0.2) is 24.3 Å². The quantitative estimate of drug-likeness (QED) is 0.826. The van der Waals surface area contributed by atoms with Crippen molar-refractivity contribution in [2.75, 3.05) is 11.9 Å². The fourth-order valence-corrected chi connectivity index (χ4v) is 6.98. The second-order valence-electron chi connectivity index (χ2n) is 8.94. The minimum Gasteiger partial charge on any atom is -0.369 e. The smallest absolute Gasteiger partial charge is 0.133 e. The Kier molecular flexibility index (Phi) is 2.95. The number of hydrogen-bond donors (Lipinski definition) is 1. The third kappa shape index (κ3) is 2.08. The maximum absolute atomic E-state index is 6.25. The lowest BCUT2D eigenvalue weighted by atomic mass is 9.48. The monoisotopic (exact) mass is 353 g/mol. The number of aromatic nitrogens is 2. The Bertz CT molecular complexity index is 818. The Morgan fingerprint density at radius 1 is 1.08 bits per heavy atom. The predicted octanol–water partition coefficient (Wildman–Crippen LogP) is 4.96. The Morgan fingerprint density at radius 2 is 1.80 bits per heavy atom. The van der Waals surface area contributed by atoms with E-state index in [2.05, 4.69) is 16.1 Å². The highest BCUT2D eigenvalue weighted by molar-refractivity contribution is 6.30. The van der Waals surface area contributed by atoms with E-state index in [4.69, 9.17) is 16.7 Å². The van der Waals surface area contributed by atoms with E-state index in [9.17, 15) is 0 Å². The van der Waals surface area contributed by atoms with Crippen LogP contribution in [-0.4, -0.2) is 16.3 Å². The van der Waals surface area contributed by atoms with Crippen LogP contribution >= 0.6 is 11.6 Å².